The van der Waals surface area contributed by atoms with E-state index in [9.17, 15) is 14.0 Å². The van der Waals surface area contributed by atoms with Gasteiger partial charge in [0, 0.05) is 5.56 Å². The molecular weight excluding hydrogens is 463 g/mol. The predicted molar refractivity (Wildman–Crippen MR) is 126 cm³/mol. The minimum absolute atomic E-state index is 0.0282. The average Bonchev–Trinajstić information content (AvgIpc) is 3.11. The molecule has 2 N–H and O–H groups in total. The molecule has 0 spiro atoms. The molecule has 0 bridgehead atoms. The molecule has 8 nitrogen and oxygen atoms in total. The van der Waals surface area contributed by atoms with Crippen LogP contribution in [0.3, 0.4) is 0 Å². The number of amides is 2. The molecule has 0 saturated heterocycles. The van der Waals surface area contributed by atoms with Gasteiger partial charge in [-0.25, -0.2) is 9.07 Å². The molecule has 2 aromatic carbocycles. The van der Waals surface area contributed by atoms with Crippen molar-refractivity contribution in [1.82, 2.24) is 20.6 Å². The van der Waals surface area contributed by atoms with Crippen LogP contribution in [-0.2, 0) is 0 Å². The van der Waals surface area contributed by atoms with Crippen LogP contribution < -0.4 is 20.3 Å². The Kier molecular flexibility index (Phi) is 8.12. The number of nitrogens with zero attached hydrogens (tertiary/aromatic N) is 2. The third-order valence-corrected chi connectivity index (χ3v) is 5.32. The maximum Gasteiger partial charge on any atom is 0.274 e. The normalized spacial score (nSPS) is 10.8. The molecule has 3 aromatic rings. The van der Waals surface area contributed by atoms with Gasteiger partial charge in [-0.3, -0.25) is 20.4 Å². The third-order valence-electron chi connectivity index (χ3n) is 4.97. The lowest BCUT2D eigenvalue weighted by molar-refractivity contribution is 0.0846. The van der Waals surface area contributed by atoms with Gasteiger partial charge in [0.15, 0.2) is 11.5 Å². The number of aromatic nitrogens is 2. The van der Waals surface area contributed by atoms with Crippen molar-refractivity contribution < 1.29 is 23.5 Å². The molecule has 0 radical (unpaired) electrons. The zero-order valence-corrected chi connectivity index (χ0v) is 20.1. The summed E-state index contributed by atoms with van der Waals surface area (Å²) in [5.74, 6) is -0.178. The highest BCUT2D eigenvalue weighted by atomic mass is 35.5. The number of hydrogen-bond donors (Lipinski definition) is 2. The summed E-state index contributed by atoms with van der Waals surface area (Å²) in [6.07, 6.45) is 0.886. The van der Waals surface area contributed by atoms with Crippen molar-refractivity contribution in [2.24, 2.45) is 5.92 Å². The molecule has 0 atom stereocenters. The molecular formula is C24H26ClFN4O4. The van der Waals surface area contributed by atoms with E-state index in [1.165, 1.54) is 42.1 Å². The molecule has 0 unspecified atom stereocenters. The molecule has 34 heavy (non-hydrogen) atoms. The van der Waals surface area contributed by atoms with Crippen molar-refractivity contribution in [2.75, 3.05) is 13.7 Å². The minimum Gasteiger partial charge on any atom is -0.493 e. The van der Waals surface area contributed by atoms with Crippen molar-refractivity contribution in [2.45, 2.75) is 27.2 Å². The second-order valence-electron chi connectivity index (χ2n) is 7.94. The standard InChI is InChI=1S/C24H26ClFN4O4/c1-14(2)11-12-34-19-10-5-16(13-20(19)33-4)23(31)27-28-24(32)21-15(3)29-30(22(21)25)18-8-6-17(26)7-9-18/h5-10,13-14H,11-12H2,1-4H3,(H,27,31)(H,28,32). The maximum atomic E-state index is 13.2. The summed E-state index contributed by atoms with van der Waals surface area (Å²) in [6, 6.07) is 10.2. The van der Waals surface area contributed by atoms with Gasteiger partial charge >= 0.3 is 0 Å². The number of methoxy groups -OCH3 is 1. The largest absolute Gasteiger partial charge is 0.493 e. The van der Waals surface area contributed by atoms with Gasteiger partial charge in [-0.1, -0.05) is 25.4 Å². The van der Waals surface area contributed by atoms with Crippen LogP contribution in [-0.4, -0.2) is 35.3 Å². The van der Waals surface area contributed by atoms with E-state index in [0.29, 0.717) is 35.4 Å². The quantitative estimate of drug-likeness (QED) is 0.456. The molecule has 1 heterocycles. The monoisotopic (exact) mass is 488 g/mol. The van der Waals surface area contributed by atoms with E-state index in [1.54, 1.807) is 19.1 Å². The third kappa shape index (κ3) is 5.85. The zero-order valence-electron chi connectivity index (χ0n) is 19.3. The molecule has 3 rings (SSSR count). The summed E-state index contributed by atoms with van der Waals surface area (Å²) >= 11 is 6.35. The smallest absolute Gasteiger partial charge is 0.274 e. The summed E-state index contributed by atoms with van der Waals surface area (Å²) in [5, 5.41) is 4.27. The SMILES string of the molecule is COc1cc(C(=O)NNC(=O)c2c(C)nn(-c3ccc(F)cc3)c2Cl)ccc1OCCC(C)C. The van der Waals surface area contributed by atoms with Gasteiger partial charge in [0.05, 0.1) is 25.1 Å². The molecule has 0 aliphatic carbocycles. The van der Waals surface area contributed by atoms with Crippen molar-refractivity contribution in [3.63, 3.8) is 0 Å². The summed E-state index contributed by atoms with van der Waals surface area (Å²) in [4.78, 5) is 25.3. The number of aryl methyl sites for hydroxylation is 1. The Bertz CT molecular complexity index is 1180. The fourth-order valence-electron chi connectivity index (χ4n) is 3.09. The zero-order chi connectivity index (χ0) is 24.8. The number of hydrogen-bond acceptors (Lipinski definition) is 5. The lowest BCUT2D eigenvalue weighted by Crippen LogP contribution is -2.41. The molecule has 0 fully saturated rings. The first-order chi connectivity index (χ1) is 16.2. The van der Waals surface area contributed by atoms with Crippen molar-refractivity contribution in [1.29, 1.82) is 0 Å². The Morgan fingerprint density at radius 2 is 1.76 bits per heavy atom. The van der Waals surface area contributed by atoms with Crippen LogP contribution in [0.25, 0.3) is 5.69 Å². The van der Waals surface area contributed by atoms with Gasteiger partial charge < -0.3 is 9.47 Å². The second kappa shape index (κ2) is 11.0. The Hall–Kier alpha value is -3.59. The topological polar surface area (TPSA) is 94.5 Å². The number of carbonyl (C=O) groups excluding carboxylic acids is 2. The van der Waals surface area contributed by atoms with E-state index in [-0.39, 0.29) is 16.3 Å². The molecule has 1 aromatic heterocycles. The maximum absolute atomic E-state index is 13.2. The molecule has 10 heteroatoms. The molecule has 0 saturated carbocycles. The average molecular weight is 489 g/mol. The molecule has 180 valence electrons. The number of hydrazine groups is 1. The number of benzene rings is 2. The van der Waals surface area contributed by atoms with Gasteiger partial charge in [0.1, 0.15) is 16.5 Å². The summed E-state index contributed by atoms with van der Waals surface area (Å²) in [7, 11) is 1.48. The van der Waals surface area contributed by atoms with Crippen molar-refractivity contribution >= 4 is 23.4 Å². The highest BCUT2D eigenvalue weighted by molar-refractivity contribution is 6.33. The van der Waals surface area contributed by atoms with Gasteiger partial charge in [0.25, 0.3) is 11.8 Å². The number of carbonyl (C=O) groups is 2. The number of rotatable bonds is 8. The number of halogens is 2. The van der Waals surface area contributed by atoms with Crippen LogP contribution in [0, 0.1) is 18.7 Å². The molecule has 0 aliphatic rings. The van der Waals surface area contributed by atoms with Crippen LogP contribution in [0.1, 0.15) is 46.7 Å². The van der Waals surface area contributed by atoms with Gasteiger partial charge in [0.2, 0.25) is 0 Å². The van der Waals surface area contributed by atoms with Gasteiger partial charge in [-0.05, 0) is 61.7 Å². The first-order valence-electron chi connectivity index (χ1n) is 10.6. The Balaban J connectivity index is 1.68. The van der Waals surface area contributed by atoms with E-state index in [0.717, 1.165) is 6.42 Å². The lowest BCUT2D eigenvalue weighted by atomic mass is 10.1. The number of ether oxygens (including phenoxy) is 2. The van der Waals surface area contributed by atoms with E-state index >= 15 is 0 Å². The Morgan fingerprint density at radius 1 is 1.09 bits per heavy atom. The first-order valence-corrected chi connectivity index (χ1v) is 11.0. The Morgan fingerprint density at radius 3 is 2.41 bits per heavy atom. The van der Waals surface area contributed by atoms with E-state index in [2.05, 4.69) is 29.8 Å². The fourth-order valence-corrected chi connectivity index (χ4v) is 3.45. The Labute approximate surface area is 202 Å². The minimum atomic E-state index is -0.648. The van der Waals surface area contributed by atoms with Crippen LogP contribution >= 0.6 is 11.6 Å². The van der Waals surface area contributed by atoms with Crippen molar-refractivity contribution in [3.8, 4) is 17.2 Å². The molecule has 2 amide bonds. The summed E-state index contributed by atoms with van der Waals surface area (Å²) in [5.41, 5.74) is 5.87. The van der Waals surface area contributed by atoms with Crippen LogP contribution in [0.4, 0.5) is 4.39 Å². The second-order valence-corrected chi connectivity index (χ2v) is 8.30. The van der Waals surface area contributed by atoms with Crippen LogP contribution in [0.15, 0.2) is 42.5 Å². The van der Waals surface area contributed by atoms with Gasteiger partial charge in [-0.15, -0.1) is 0 Å². The highest BCUT2D eigenvalue weighted by Gasteiger charge is 2.22. The van der Waals surface area contributed by atoms with E-state index in [4.69, 9.17) is 21.1 Å². The van der Waals surface area contributed by atoms with Gasteiger partial charge in [-0.2, -0.15) is 5.10 Å². The predicted octanol–water partition coefficient (Wildman–Crippen LogP) is 4.48. The van der Waals surface area contributed by atoms with E-state index in [1.807, 2.05) is 0 Å². The first kappa shape index (κ1) is 25.0. The summed E-state index contributed by atoms with van der Waals surface area (Å²) in [6.45, 7) is 6.34. The van der Waals surface area contributed by atoms with E-state index < -0.39 is 17.6 Å². The molecule has 0 aliphatic heterocycles. The lowest BCUT2D eigenvalue weighted by Gasteiger charge is -2.13. The fraction of sp³-hybridized carbons (Fsp3) is 0.292. The van der Waals surface area contributed by atoms with Crippen molar-refractivity contribution in [3.05, 3.63) is 70.3 Å². The number of nitrogens with one attached hydrogen (secondary N) is 2. The van der Waals surface area contributed by atoms with Crippen LogP contribution in [0.5, 0.6) is 11.5 Å². The highest BCUT2D eigenvalue weighted by Crippen LogP contribution is 2.28. The van der Waals surface area contributed by atoms with Crippen LogP contribution in [0.2, 0.25) is 5.15 Å². The summed E-state index contributed by atoms with van der Waals surface area (Å²) < 4.78 is 25.6.